The van der Waals surface area contributed by atoms with E-state index in [-0.39, 0.29) is 0 Å². The molecule has 0 saturated heterocycles. The van der Waals surface area contributed by atoms with Gasteiger partial charge in [-0.25, -0.2) is 0 Å². The van der Waals surface area contributed by atoms with Gasteiger partial charge in [0.15, 0.2) is 0 Å². The number of rotatable bonds is 5. The van der Waals surface area contributed by atoms with Crippen LogP contribution < -0.4 is 11.1 Å². The molecule has 1 fully saturated rings. The monoisotopic (exact) mass is 284 g/mol. The molecule has 0 atom stereocenters. The first-order valence-corrected chi connectivity index (χ1v) is 7.55. The van der Waals surface area contributed by atoms with E-state index in [9.17, 15) is 4.79 Å². The largest absolute Gasteiger partial charge is 0.382 e. The summed E-state index contributed by atoms with van der Waals surface area (Å²) in [5.74, 6) is -0.432. The minimum absolute atomic E-state index is 0.325. The molecule has 1 aliphatic carbocycles. The molecule has 0 radical (unpaired) electrons. The van der Waals surface area contributed by atoms with E-state index in [2.05, 4.69) is 11.6 Å². The van der Waals surface area contributed by atoms with Crippen LogP contribution in [-0.4, -0.2) is 23.5 Å². The SMILES string of the molecule is CSC1(CNc2cc(C(N)=O)ccc2Cl)CCC1. The van der Waals surface area contributed by atoms with E-state index in [0.717, 1.165) is 12.2 Å². The molecule has 1 aromatic carbocycles. The Morgan fingerprint density at radius 3 is 2.78 bits per heavy atom. The van der Waals surface area contributed by atoms with E-state index in [4.69, 9.17) is 17.3 Å². The van der Waals surface area contributed by atoms with Gasteiger partial charge in [0.05, 0.1) is 10.7 Å². The maximum Gasteiger partial charge on any atom is 0.248 e. The summed E-state index contributed by atoms with van der Waals surface area (Å²) in [5.41, 5.74) is 6.53. The van der Waals surface area contributed by atoms with Crippen molar-refractivity contribution in [1.82, 2.24) is 0 Å². The molecule has 98 valence electrons. The Balaban J connectivity index is 2.08. The van der Waals surface area contributed by atoms with Crippen molar-refractivity contribution >= 4 is 35.0 Å². The van der Waals surface area contributed by atoms with E-state index in [1.807, 2.05) is 11.8 Å². The molecule has 2 rings (SSSR count). The number of hydrogen-bond donors (Lipinski definition) is 2. The topological polar surface area (TPSA) is 55.1 Å². The quantitative estimate of drug-likeness (QED) is 0.873. The van der Waals surface area contributed by atoms with Crippen LogP contribution in [0, 0.1) is 0 Å². The van der Waals surface area contributed by atoms with E-state index < -0.39 is 5.91 Å². The van der Waals surface area contributed by atoms with Crippen molar-refractivity contribution in [2.24, 2.45) is 5.73 Å². The van der Waals surface area contributed by atoms with Crippen molar-refractivity contribution in [2.45, 2.75) is 24.0 Å². The van der Waals surface area contributed by atoms with Crippen LogP contribution in [-0.2, 0) is 0 Å². The Bertz CT molecular complexity index is 455. The number of halogens is 1. The third-order valence-corrected chi connectivity index (χ3v) is 5.30. The normalized spacial score (nSPS) is 17.0. The highest BCUT2D eigenvalue weighted by Crippen LogP contribution is 2.43. The highest BCUT2D eigenvalue weighted by Gasteiger charge is 2.35. The number of benzene rings is 1. The Kier molecular flexibility index (Phi) is 4.07. The van der Waals surface area contributed by atoms with E-state index in [1.165, 1.54) is 19.3 Å². The lowest BCUT2D eigenvalue weighted by Gasteiger charge is -2.40. The minimum atomic E-state index is -0.432. The number of amides is 1. The maximum atomic E-state index is 11.1. The number of thioether (sulfide) groups is 1. The molecule has 3 N–H and O–H groups in total. The van der Waals surface area contributed by atoms with Gasteiger partial charge in [-0.05, 0) is 37.3 Å². The fourth-order valence-electron chi connectivity index (χ4n) is 2.09. The molecule has 1 aromatic rings. The summed E-state index contributed by atoms with van der Waals surface area (Å²) >= 11 is 8.01. The summed E-state index contributed by atoms with van der Waals surface area (Å²) < 4.78 is 0.325. The zero-order chi connectivity index (χ0) is 13.2. The molecule has 1 amide bonds. The van der Waals surface area contributed by atoms with Crippen molar-refractivity contribution < 1.29 is 4.79 Å². The number of anilines is 1. The molecule has 1 saturated carbocycles. The number of carbonyl (C=O) groups excluding carboxylic acids is 1. The van der Waals surface area contributed by atoms with E-state index >= 15 is 0 Å². The van der Waals surface area contributed by atoms with Gasteiger partial charge in [0.2, 0.25) is 5.91 Å². The summed E-state index contributed by atoms with van der Waals surface area (Å²) in [6.07, 6.45) is 5.89. The second kappa shape index (κ2) is 5.41. The zero-order valence-electron chi connectivity index (χ0n) is 10.3. The van der Waals surface area contributed by atoms with Gasteiger partial charge in [0.1, 0.15) is 0 Å². The number of primary amides is 1. The van der Waals surface area contributed by atoms with Crippen LogP contribution in [0.3, 0.4) is 0 Å². The summed E-state index contributed by atoms with van der Waals surface area (Å²) in [4.78, 5) is 11.1. The van der Waals surface area contributed by atoms with Gasteiger partial charge in [0.25, 0.3) is 0 Å². The number of nitrogens with two attached hydrogens (primary N) is 1. The van der Waals surface area contributed by atoms with Crippen molar-refractivity contribution in [1.29, 1.82) is 0 Å². The lowest BCUT2D eigenvalue weighted by molar-refractivity contribution is 0.100. The number of nitrogens with one attached hydrogen (secondary N) is 1. The predicted octanol–water partition coefficient (Wildman–Crippen LogP) is 3.14. The average Bonchev–Trinajstić information content (AvgIpc) is 2.30. The van der Waals surface area contributed by atoms with Crippen LogP contribution in [0.15, 0.2) is 18.2 Å². The number of hydrogen-bond acceptors (Lipinski definition) is 3. The highest BCUT2D eigenvalue weighted by molar-refractivity contribution is 8.00. The van der Waals surface area contributed by atoms with Gasteiger partial charge >= 0.3 is 0 Å². The van der Waals surface area contributed by atoms with Gasteiger partial charge in [-0.1, -0.05) is 18.0 Å². The summed E-state index contributed by atoms with van der Waals surface area (Å²) in [7, 11) is 0. The Morgan fingerprint density at radius 1 is 1.56 bits per heavy atom. The fourth-order valence-corrected chi connectivity index (χ4v) is 3.19. The smallest absolute Gasteiger partial charge is 0.248 e. The lowest BCUT2D eigenvalue weighted by atomic mass is 9.84. The van der Waals surface area contributed by atoms with E-state index in [0.29, 0.717) is 15.3 Å². The Labute approximate surface area is 116 Å². The summed E-state index contributed by atoms with van der Waals surface area (Å²) in [5, 5.41) is 3.96. The van der Waals surface area contributed by atoms with E-state index in [1.54, 1.807) is 18.2 Å². The van der Waals surface area contributed by atoms with Crippen LogP contribution in [0.2, 0.25) is 5.02 Å². The van der Waals surface area contributed by atoms with Crippen LogP contribution in [0.25, 0.3) is 0 Å². The van der Waals surface area contributed by atoms with Crippen molar-refractivity contribution in [3.05, 3.63) is 28.8 Å². The molecule has 0 spiro atoms. The standard InChI is InChI=1S/C13H17ClN2OS/c1-18-13(5-2-6-13)8-16-11-7-9(12(15)17)3-4-10(11)14/h3-4,7,16H,2,5-6,8H2,1H3,(H2,15,17). The molecule has 18 heavy (non-hydrogen) atoms. The van der Waals surface area contributed by atoms with Crippen molar-refractivity contribution in [2.75, 3.05) is 18.1 Å². The van der Waals surface area contributed by atoms with Gasteiger partial charge in [-0.3, -0.25) is 4.79 Å². The number of carbonyl (C=O) groups is 1. The Hall–Kier alpha value is -0.870. The molecular weight excluding hydrogens is 268 g/mol. The van der Waals surface area contributed by atoms with Crippen LogP contribution in [0.4, 0.5) is 5.69 Å². The first kappa shape index (κ1) is 13.6. The Morgan fingerprint density at radius 2 is 2.28 bits per heavy atom. The van der Waals surface area contributed by atoms with Crippen molar-refractivity contribution in [3.63, 3.8) is 0 Å². The third kappa shape index (κ3) is 2.75. The molecule has 1 aliphatic rings. The highest BCUT2D eigenvalue weighted by atomic mass is 35.5. The van der Waals surface area contributed by atoms with Crippen LogP contribution in [0.1, 0.15) is 29.6 Å². The van der Waals surface area contributed by atoms with Gasteiger partial charge in [-0.2, -0.15) is 11.8 Å². The maximum absolute atomic E-state index is 11.1. The summed E-state index contributed by atoms with van der Waals surface area (Å²) in [6, 6.07) is 5.07. The summed E-state index contributed by atoms with van der Waals surface area (Å²) in [6.45, 7) is 0.871. The second-order valence-corrected chi connectivity index (χ2v) is 6.33. The molecule has 0 bridgehead atoms. The first-order valence-electron chi connectivity index (χ1n) is 5.95. The van der Waals surface area contributed by atoms with Gasteiger partial charge < -0.3 is 11.1 Å². The molecule has 0 heterocycles. The average molecular weight is 285 g/mol. The first-order chi connectivity index (χ1) is 8.56. The van der Waals surface area contributed by atoms with Crippen LogP contribution in [0.5, 0.6) is 0 Å². The van der Waals surface area contributed by atoms with Gasteiger partial charge in [0, 0.05) is 16.9 Å². The lowest BCUT2D eigenvalue weighted by Crippen LogP contribution is -2.40. The van der Waals surface area contributed by atoms with Crippen molar-refractivity contribution in [3.8, 4) is 0 Å². The molecule has 3 nitrogen and oxygen atoms in total. The second-order valence-electron chi connectivity index (χ2n) is 4.65. The molecule has 0 aliphatic heterocycles. The minimum Gasteiger partial charge on any atom is -0.382 e. The van der Waals surface area contributed by atoms with Crippen LogP contribution >= 0.6 is 23.4 Å². The fraction of sp³-hybridized carbons (Fsp3) is 0.462. The molecule has 5 heteroatoms. The molecule has 0 aromatic heterocycles. The third-order valence-electron chi connectivity index (χ3n) is 3.55. The molecule has 0 unspecified atom stereocenters. The molecular formula is C13H17ClN2OS. The predicted molar refractivity (Wildman–Crippen MR) is 78.6 cm³/mol. The zero-order valence-corrected chi connectivity index (χ0v) is 11.9. The van der Waals surface area contributed by atoms with Gasteiger partial charge in [-0.15, -0.1) is 0 Å².